The molecule has 4 heteroatoms. The Bertz CT molecular complexity index is 746. The van der Waals surface area contributed by atoms with Gasteiger partial charge in [0, 0.05) is 17.2 Å². The molecule has 0 fully saturated rings. The lowest BCUT2D eigenvalue weighted by atomic mass is 10.0. The number of rotatable bonds is 1. The van der Waals surface area contributed by atoms with E-state index in [0.717, 1.165) is 16.7 Å². The molecule has 0 atom stereocenters. The molecule has 0 saturated heterocycles. The lowest BCUT2D eigenvalue weighted by Gasteiger charge is -2.07. The molecule has 1 heterocycles. The molecule has 0 N–H and O–H groups in total. The average Bonchev–Trinajstić information content (AvgIpc) is 2.58. The van der Waals surface area contributed by atoms with Crippen molar-refractivity contribution in [2.75, 3.05) is 7.11 Å². The van der Waals surface area contributed by atoms with Crippen LogP contribution in [0.4, 0.5) is 0 Å². The van der Waals surface area contributed by atoms with Gasteiger partial charge in [0.15, 0.2) is 0 Å². The summed E-state index contributed by atoms with van der Waals surface area (Å²) in [5.74, 6) is 0.602. The normalized spacial score (nSPS) is 15.0. The van der Waals surface area contributed by atoms with Crippen LogP contribution in [0.1, 0.15) is 5.56 Å². The molecule has 0 saturated carbocycles. The van der Waals surface area contributed by atoms with E-state index in [0.29, 0.717) is 15.5 Å². The van der Waals surface area contributed by atoms with Crippen LogP contribution < -0.4 is 4.74 Å². The smallest absolute Gasteiger partial charge is 0.207 e. The predicted molar refractivity (Wildman–Crippen MR) is 68.6 cm³/mol. The van der Waals surface area contributed by atoms with Crippen LogP contribution in [-0.2, 0) is 9.84 Å². The molecular formula is C14H12O3S. The summed E-state index contributed by atoms with van der Waals surface area (Å²) < 4.78 is 30.0. The number of ether oxygens (including phenoxy) is 1. The second-order valence-corrected chi connectivity index (χ2v) is 6.20. The van der Waals surface area contributed by atoms with E-state index in [1.807, 2.05) is 25.1 Å². The summed E-state index contributed by atoms with van der Waals surface area (Å²) in [5.41, 5.74) is 2.48. The molecule has 18 heavy (non-hydrogen) atoms. The quantitative estimate of drug-likeness (QED) is 0.675. The molecule has 3 nitrogen and oxygen atoms in total. The Hall–Kier alpha value is -1.81. The first-order valence-electron chi connectivity index (χ1n) is 5.59. The van der Waals surface area contributed by atoms with Gasteiger partial charge in [-0.05, 0) is 24.6 Å². The number of hydrogen-bond acceptors (Lipinski definition) is 3. The van der Waals surface area contributed by atoms with Crippen molar-refractivity contribution in [3.05, 3.63) is 42.0 Å². The summed E-state index contributed by atoms with van der Waals surface area (Å²) in [6, 6.07) is 10.6. The highest BCUT2D eigenvalue weighted by Gasteiger charge is 2.33. The van der Waals surface area contributed by atoms with Crippen LogP contribution in [0.5, 0.6) is 5.75 Å². The van der Waals surface area contributed by atoms with Gasteiger partial charge < -0.3 is 4.74 Å². The molecule has 0 aliphatic carbocycles. The predicted octanol–water partition coefficient (Wildman–Crippen LogP) is 2.82. The summed E-state index contributed by atoms with van der Waals surface area (Å²) in [7, 11) is -1.85. The van der Waals surface area contributed by atoms with Crippen LogP contribution in [-0.4, -0.2) is 15.5 Å². The van der Waals surface area contributed by atoms with Gasteiger partial charge in [0.1, 0.15) is 5.75 Å². The molecule has 2 aromatic carbocycles. The molecule has 0 bridgehead atoms. The summed E-state index contributed by atoms with van der Waals surface area (Å²) in [6.07, 6.45) is 0. The number of fused-ring (bicyclic) bond motifs is 3. The third kappa shape index (κ3) is 1.32. The van der Waals surface area contributed by atoms with Crippen molar-refractivity contribution in [2.24, 2.45) is 0 Å². The molecule has 0 unspecified atom stereocenters. The largest absolute Gasteiger partial charge is 0.496 e. The SMILES string of the molecule is COc1cc2c(cc1C)-c1ccccc1S2(=O)=O. The lowest BCUT2D eigenvalue weighted by molar-refractivity contribution is 0.410. The molecule has 1 aliphatic rings. The Morgan fingerprint density at radius 1 is 1.00 bits per heavy atom. The zero-order chi connectivity index (χ0) is 12.9. The van der Waals surface area contributed by atoms with Crippen LogP contribution >= 0.6 is 0 Å². The lowest BCUT2D eigenvalue weighted by Crippen LogP contribution is -1.97. The van der Waals surface area contributed by atoms with Crippen molar-refractivity contribution in [3.63, 3.8) is 0 Å². The molecule has 0 radical (unpaired) electrons. The molecule has 1 aliphatic heterocycles. The van der Waals surface area contributed by atoms with E-state index in [1.54, 1.807) is 25.3 Å². The van der Waals surface area contributed by atoms with Gasteiger partial charge in [0.05, 0.1) is 16.9 Å². The van der Waals surface area contributed by atoms with Crippen LogP contribution in [0, 0.1) is 6.92 Å². The number of benzene rings is 2. The van der Waals surface area contributed by atoms with Crippen LogP contribution in [0.25, 0.3) is 11.1 Å². The van der Waals surface area contributed by atoms with E-state index in [2.05, 4.69) is 0 Å². The van der Waals surface area contributed by atoms with Crippen molar-refractivity contribution in [1.82, 2.24) is 0 Å². The second-order valence-electron chi connectivity index (χ2n) is 4.32. The van der Waals surface area contributed by atoms with Crippen LogP contribution in [0.3, 0.4) is 0 Å². The minimum Gasteiger partial charge on any atom is -0.496 e. The van der Waals surface area contributed by atoms with Crippen molar-refractivity contribution in [2.45, 2.75) is 16.7 Å². The monoisotopic (exact) mass is 260 g/mol. The molecular weight excluding hydrogens is 248 g/mol. The first-order chi connectivity index (χ1) is 8.55. The standard InChI is InChI=1S/C14H12O3S/c1-9-7-11-10-5-3-4-6-13(10)18(15,16)14(11)8-12(9)17-2/h3-8H,1-2H3. The number of methoxy groups -OCH3 is 1. The molecule has 3 rings (SSSR count). The fourth-order valence-electron chi connectivity index (χ4n) is 2.36. The molecule has 92 valence electrons. The first kappa shape index (κ1) is 11.3. The van der Waals surface area contributed by atoms with Crippen LogP contribution in [0.2, 0.25) is 0 Å². The number of hydrogen-bond donors (Lipinski definition) is 0. The molecule has 2 aromatic rings. The third-order valence-electron chi connectivity index (χ3n) is 3.25. The third-order valence-corrected chi connectivity index (χ3v) is 5.11. The van der Waals surface area contributed by atoms with Gasteiger partial charge in [-0.1, -0.05) is 18.2 Å². The van der Waals surface area contributed by atoms with Gasteiger partial charge in [0.2, 0.25) is 9.84 Å². The van der Waals surface area contributed by atoms with E-state index in [4.69, 9.17) is 4.74 Å². The highest BCUT2D eigenvalue weighted by Crippen LogP contribution is 2.45. The fourth-order valence-corrected chi connectivity index (χ4v) is 4.05. The first-order valence-corrected chi connectivity index (χ1v) is 7.07. The van der Waals surface area contributed by atoms with E-state index in [-0.39, 0.29) is 0 Å². The van der Waals surface area contributed by atoms with Gasteiger partial charge in [-0.15, -0.1) is 0 Å². The Morgan fingerprint density at radius 2 is 1.72 bits per heavy atom. The van der Waals surface area contributed by atoms with Crippen molar-refractivity contribution in [3.8, 4) is 16.9 Å². The molecule has 0 aromatic heterocycles. The average molecular weight is 260 g/mol. The van der Waals surface area contributed by atoms with Gasteiger partial charge in [-0.2, -0.15) is 0 Å². The van der Waals surface area contributed by atoms with E-state index < -0.39 is 9.84 Å². The van der Waals surface area contributed by atoms with E-state index in [1.165, 1.54) is 0 Å². The maximum Gasteiger partial charge on any atom is 0.207 e. The summed E-state index contributed by atoms with van der Waals surface area (Å²) in [6.45, 7) is 1.91. The topological polar surface area (TPSA) is 43.4 Å². The Morgan fingerprint density at radius 3 is 2.44 bits per heavy atom. The minimum atomic E-state index is -3.39. The van der Waals surface area contributed by atoms with Crippen molar-refractivity contribution < 1.29 is 13.2 Å². The summed E-state index contributed by atoms with van der Waals surface area (Å²) in [5, 5.41) is 0. The fraction of sp³-hybridized carbons (Fsp3) is 0.143. The Balaban J connectivity index is 2.43. The van der Waals surface area contributed by atoms with E-state index in [9.17, 15) is 8.42 Å². The number of sulfone groups is 1. The van der Waals surface area contributed by atoms with Gasteiger partial charge in [-0.25, -0.2) is 8.42 Å². The zero-order valence-electron chi connectivity index (χ0n) is 10.1. The van der Waals surface area contributed by atoms with Crippen molar-refractivity contribution >= 4 is 9.84 Å². The second kappa shape index (κ2) is 3.59. The maximum absolute atomic E-state index is 12.4. The van der Waals surface area contributed by atoms with Gasteiger partial charge in [-0.3, -0.25) is 0 Å². The maximum atomic E-state index is 12.4. The van der Waals surface area contributed by atoms with E-state index >= 15 is 0 Å². The molecule has 0 spiro atoms. The highest BCUT2D eigenvalue weighted by molar-refractivity contribution is 7.92. The minimum absolute atomic E-state index is 0.339. The zero-order valence-corrected chi connectivity index (χ0v) is 10.9. The van der Waals surface area contributed by atoms with Gasteiger partial charge in [0.25, 0.3) is 0 Å². The summed E-state index contributed by atoms with van der Waals surface area (Å²) in [4.78, 5) is 0.721. The van der Waals surface area contributed by atoms with Crippen molar-refractivity contribution in [1.29, 1.82) is 0 Å². The molecule has 0 amide bonds. The Kier molecular flexibility index (Phi) is 2.25. The Labute approximate surface area is 106 Å². The van der Waals surface area contributed by atoms with Crippen LogP contribution in [0.15, 0.2) is 46.2 Å². The highest BCUT2D eigenvalue weighted by atomic mass is 32.2. The number of aryl methyl sites for hydroxylation is 1. The summed E-state index contributed by atoms with van der Waals surface area (Å²) >= 11 is 0. The van der Waals surface area contributed by atoms with Gasteiger partial charge >= 0.3 is 0 Å².